The van der Waals surface area contributed by atoms with E-state index in [1.807, 2.05) is 26.0 Å². The zero-order chi connectivity index (χ0) is 23.6. The number of benzene rings is 2. The molecule has 11 heteroatoms. The van der Waals surface area contributed by atoms with Gasteiger partial charge in [0.1, 0.15) is 17.9 Å². The number of aromatic nitrogens is 1. The highest BCUT2D eigenvalue weighted by Gasteiger charge is 2.36. The minimum atomic E-state index is -4.83. The molecule has 7 nitrogen and oxygen atoms in total. The van der Waals surface area contributed by atoms with Gasteiger partial charge in [-0.05, 0) is 43.2 Å². The molecule has 1 heterocycles. The van der Waals surface area contributed by atoms with Crippen molar-refractivity contribution in [1.82, 2.24) is 4.98 Å². The Morgan fingerprint density at radius 2 is 1.91 bits per heavy atom. The highest BCUT2D eigenvalue weighted by Crippen LogP contribution is 2.39. The highest BCUT2D eigenvalue weighted by molar-refractivity contribution is 7.14. The molecule has 0 aliphatic heterocycles. The normalized spacial score (nSPS) is 11.3. The highest BCUT2D eigenvalue weighted by atomic mass is 32.1. The fourth-order valence-corrected chi connectivity index (χ4v) is 3.76. The zero-order valence-electron chi connectivity index (χ0n) is 17.3. The van der Waals surface area contributed by atoms with Gasteiger partial charge >= 0.3 is 6.18 Å². The lowest BCUT2D eigenvalue weighted by Gasteiger charge is -2.19. The van der Waals surface area contributed by atoms with E-state index in [9.17, 15) is 28.1 Å². The van der Waals surface area contributed by atoms with Crippen LogP contribution in [0.2, 0.25) is 0 Å². The summed E-state index contributed by atoms with van der Waals surface area (Å²) in [7, 11) is 0. The fraction of sp³-hybridized carbons (Fsp3) is 0.238. The van der Waals surface area contributed by atoms with E-state index in [0.717, 1.165) is 34.6 Å². The second-order valence-electron chi connectivity index (χ2n) is 6.97. The van der Waals surface area contributed by atoms with E-state index in [4.69, 9.17) is 4.74 Å². The van der Waals surface area contributed by atoms with E-state index in [-0.39, 0.29) is 12.5 Å². The minimum absolute atomic E-state index is 0.273. The van der Waals surface area contributed by atoms with E-state index in [2.05, 4.69) is 4.98 Å². The lowest BCUT2D eigenvalue weighted by molar-refractivity contribution is -0.385. The maximum absolute atomic E-state index is 13.3. The maximum atomic E-state index is 13.3. The van der Waals surface area contributed by atoms with E-state index in [1.54, 1.807) is 11.4 Å². The third kappa shape index (κ3) is 5.05. The van der Waals surface area contributed by atoms with Gasteiger partial charge in [0, 0.05) is 24.4 Å². The molecule has 0 spiro atoms. The summed E-state index contributed by atoms with van der Waals surface area (Å²) in [6.45, 7) is 4.94. The number of carbonyl (C=O) groups is 1. The van der Waals surface area contributed by atoms with Crippen LogP contribution in [0.1, 0.15) is 29.3 Å². The number of nitrogens with zero attached hydrogens (tertiary/aromatic N) is 3. The largest absolute Gasteiger partial charge is 0.487 e. The van der Waals surface area contributed by atoms with Gasteiger partial charge in [0.25, 0.3) is 5.69 Å². The van der Waals surface area contributed by atoms with Gasteiger partial charge in [-0.2, -0.15) is 13.2 Å². The molecule has 1 amide bonds. The summed E-state index contributed by atoms with van der Waals surface area (Å²) < 4.78 is 45.2. The Morgan fingerprint density at radius 1 is 1.19 bits per heavy atom. The Balaban J connectivity index is 1.84. The monoisotopic (exact) mass is 465 g/mol. The summed E-state index contributed by atoms with van der Waals surface area (Å²) >= 11 is 1.14. The van der Waals surface area contributed by atoms with Gasteiger partial charge in [-0.15, -0.1) is 11.3 Å². The lowest BCUT2D eigenvalue weighted by atomic mass is 10.1. The van der Waals surface area contributed by atoms with Crippen molar-refractivity contribution in [2.75, 3.05) is 4.90 Å². The van der Waals surface area contributed by atoms with Crippen LogP contribution in [0.15, 0.2) is 41.8 Å². The number of amides is 1. The molecule has 168 valence electrons. The Hall–Kier alpha value is -3.47. The smallest absolute Gasteiger partial charge is 0.420 e. The number of nitro groups is 1. The topological polar surface area (TPSA) is 85.6 Å². The standard InChI is InChI=1S/C21H18F3N3O4S/c1-12-4-5-16(8-13(12)2)26(14(3)28)20-25-15(11-32-20)10-31-19-7-6-17(27(29)30)9-18(19)21(22,23)24/h4-9,11H,10H2,1-3H3. The lowest BCUT2D eigenvalue weighted by Crippen LogP contribution is -2.22. The van der Waals surface area contributed by atoms with Crippen LogP contribution in [0.4, 0.5) is 29.7 Å². The van der Waals surface area contributed by atoms with Crippen molar-refractivity contribution in [2.45, 2.75) is 33.6 Å². The molecule has 0 unspecified atom stereocenters. The third-order valence-corrected chi connectivity index (χ3v) is 5.52. The molecule has 1 aromatic heterocycles. The molecule has 0 aliphatic rings. The van der Waals surface area contributed by atoms with Gasteiger partial charge < -0.3 is 4.74 Å². The molecule has 3 aromatic rings. The van der Waals surface area contributed by atoms with Crippen molar-refractivity contribution in [1.29, 1.82) is 0 Å². The van der Waals surface area contributed by atoms with Gasteiger partial charge in [0.15, 0.2) is 5.13 Å². The number of ether oxygens (including phenoxy) is 1. The van der Waals surface area contributed by atoms with E-state index >= 15 is 0 Å². The van der Waals surface area contributed by atoms with E-state index in [0.29, 0.717) is 22.6 Å². The average Bonchev–Trinajstić information content (AvgIpc) is 3.16. The van der Waals surface area contributed by atoms with Crippen molar-refractivity contribution >= 4 is 33.8 Å². The quantitative estimate of drug-likeness (QED) is 0.332. The predicted octanol–water partition coefficient (Wildman–Crippen LogP) is 5.95. The summed E-state index contributed by atoms with van der Waals surface area (Å²) in [5.41, 5.74) is 1.05. The number of anilines is 2. The van der Waals surface area contributed by atoms with Gasteiger partial charge in [-0.1, -0.05) is 6.07 Å². The van der Waals surface area contributed by atoms with Crippen molar-refractivity contribution in [3.05, 3.63) is 74.3 Å². The number of hydrogen-bond acceptors (Lipinski definition) is 6. The summed E-state index contributed by atoms with van der Waals surface area (Å²) in [6.07, 6.45) is -4.83. The second-order valence-corrected chi connectivity index (χ2v) is 7.80. The maximum Gasteiger partial charge on any atom is 0.420 e. The van der Waals surface area contributed by atoms with Gasteiger partial charge in [0.05, 0.1) is 16.3 Å². The molecule has 0 fully saturated rings. The molecular weight excluding hydrogens is 447 g/mol. The van der Waals surface area contributed by atoms with Crippen LogP contribution in [-0.2, 0) is 17.6 Å². The van der Waals surface area contributed by atoms with Gasteiger partial charge in [-0.25, -0.2) is 4.98 Å². The SMILES string of the molecule is CC(=O)N(c1ccc(C)c(C)c1)c1nc(COc2ccc([N+](=O)[O-])cc2C(F)(F)F)cs1. The van der Waals surface area contributed by atoms with Crippen LogP contribution in [0.25, 0.3) is 0 Å². The number of nitro benzene ring substituents is 1. The third-order valence-electron chi connectivity index (χ3n) is 4.65. The Labute approximate surface area is 185 Å². The molecule has 32 heavy (non-hydrogen) atoms. The van der Waals surface area contributed by atoms with Crippen LogP contribution in [0.3, 0.4) is 0 Å². The van der Waals surface area contributed by atoms with Crippen LogP contribution in [-0.4, -0.2) is 15.8 Å². The molecule has 2 aromatic carbocycles. The summed E-state index contributed by atoms with van der Waals surface area (Å²) in [6, 6.07) is 7.79. The molecule has 0 saturated heterocycles. The number of carbonyl (C=O) groups excluding carboxylic acids is 1. The summed E-state index contributed by atoms with van der Waals surface area (Å²) in [5, 5.41) is 12.7. The first-order valence-electron chi connectivity index (χ1n) is 9.28. The second kappa shape index (κ2) is 8.95. The number of thiazole rings is 1. The van der Waals surface area contributed by atoms with Crippen molar-refractivity contribution in [3.8, 4) is 5.75 Å². The van der Waals surface area contributed by atoms with Gasteiger partial charge in [0.2, 0.25) is 5.91 Å². The first-order valence-corrected chi connectivity index (χ1v) is 10.2. The van der Waals surface area contributed by atoms with Gasteiger partial charge in [-0.3, -0.25) is 19.8 Å². The predicted molar refractivity (Wildman–Crippen MR) is 113 cm³/mol. The summed E-state index contributed by atoms with van der Waals surface area (Å²) in [4.78, 5) is 27.9. The van der Waals surface area contributed by atoms with Crippen molar-refractivity contribution in [3.63, 3.8) is 0 Å². The molecule has 0 radical (unpaired) electrons. The molecule has 0 atom stereocenters. The Bertz CT molecular complexity index is 1180. The number of non-ortho nitro benzene ring substituents is 1. The summed E-state index contributed by atoms with van der Waals surface area (Å²) in [5.74, 6) is -0.819. The average molecular weight is 465 g/mol. The number of hydrogen-bond donors (Lipinski definition) is 0. The zero-order valence-corrected chi connectivity index (χ0v) is 18.1. The molecule has 0 bridgehead atoms. The van der Waals surface area contributed by atoms with Crippen LogP contribution in [0.5, 0.6) is 5.75 Å². The van der Waals surface area contributed by atoms with Crippen LogP contribution in [0, 0.1) is 24.0 Å². The number of halogens is 3. The van der Waals surface area contributed by atoms with E-state index < -0.39 is 28.1 Å². The van der Waals surface area contributed by atoms with Crippen LogP contribution >= 0.6 is 11.3 Å². The number of rotatable bonds is 6. The van der Waals surface area contributed by atoms with E-state index in [1.165, 1.54) is 11.8 Å². The molecular formula is C21H18F3N3O4S. The fourth-order valence-electron chi connectivity index (χ4n) is 2.89. The number of alkyl halides is 3. The Morgan fingerprint density at radius 3 is 2.50 bits per heavy atom. The van der Waals surface area contributed by atoms with Crippen LogP contribution < -0.4 is 9.64 Å². The Kier molecular flexibility index (Phi) is 6.49. The molecule has 0 saturated carbocycles. The first-order chi connectivity index (χ1) is 15.0. The number of aryl methyl sites for hydroxylation is 2. The van der Waals surface area contributed by atoms with Crippen molar-refractivity contribution in [2.24, 2.45) is 0 Å². The first kappa shape index (κ1) is 23.2. The minimum Gasteiger partial charge on any atom is -0.487 e. The molecule has 0 N–H and O–H groups in total. The molecule has 0 aliphatic carbocycles. The molecule has 3 rings (SSSR count). The van der Waals surface area contributed by atoms with Crippen molar-refractivity contribution < 1.29 is 27.6 Å².